The van der Waals surface area contributed by atoms with E-state index in [1.807, 2.05) is 20.8 Å². The monoisotopic (exact) mass is 523 g/mol. The lowest BCUT2D eigenvalue weighted by atomic mass is 10.1. The molecule has 0 atom stereocenters. The number of ether oxygens (including phenoxy) is 1. The SMILES string of the molecule is CN=C(NCCN(C)C(=O)OC(C)(C)C)NC1CCN(c2cccs2)CC1.I. The number of amides is 1. The first-order valence-electron chi connectivity index (χ1n) is 9.48. The third-order valence-electron chi connectivity index (χ3n) is 4.32. The molecule has 28 heavy (non-hydrogen) atoms. The lowest BCUT2D eigenvalue weighted by Crippen LogP contribution is -2.50. The van der Waals surface area contributed by atoms with E-state index in [2.05, 4.69) is 38.0 Å². The number of thiophene rings is 1. The Hall–Kier alpha value is -1.23. The molecule has 1 fully saturated rings. The fraction of sp³-hybridized carbons (Fsp3) is 0.684. The standard InChI is InChI=1S/C19H33N5O2S.HI/c1-19(2,3)26-18(25)23(5)13-10-21-17(20-4)22-15-8-11-24(12-9-15)16-7-6-14-27-16;/h6-7,14-15H,8-13H2,1-5H3,(H2,20,21,22);1H. The highest BCUT2D eigenvalue weighted by molar-refractivity contribution is 14.0. The van der Waals surface area contributed by atoms with Crippen LogP contribution in [-0.4, -0.2) is 68.9 Å². The normalized spacial score (nSPS) is 15.6. The summed E-state index contributed by atoms with van der Waals surface area (Å²) in [6.45, 7) is 8.87. The molecule has 160 valence electrons. The molecule has 0 unspecified atom stereocenters. The average molecular weight is 523 g/mol. The second-order valence-electron chi connectivity index (χ2n) is 7.76. The number of piperidine rings is 1. The molecule has 0 spiro atoms. The van der Waals surface area contributed by atoms with Crippen LogP contribution in [0.15, 0.2) is 22.5 Å². The van der Waals surface area contributed by atoms with E-state index in [1.165, 1.54) is 5.00 Å². The van der Waals surface area contributed by atoms with Gasteiger partial charge in [-0.1, -0.05) is 0 Å². The number of carbonyl (C=O) groups excluding carboxylic acids is 1. The lowest BCUT2D eigenvalue weighted by Gasteiger charge is -2.33. The Bertz CT molecular complexity index is 610. The van der Waals surface area contributed by atoms with Crippen molar-refractivity contribution in [2.75, 3.05) is 45.2 Å². The summed E-state index contributed by atoms with van der Waals surface area (Å²) in [5.74, 6) is 0.780. The van der Waals surface area contributed by atoms with Crippen molar-refractivity contribution in [3.05, 3.63) is 17.5 Å². The van der Waals surface area contributed by atoms with Crippen LogP contribution >= 0.6 is 35.3 Å². The molecule has 0 radical (unpaired) electrons. The maximum Gasteiger partial charge on any atom is 0.410 e. The maximum absolute atomic E-state index is 12.0. The number of rotatable bonds is 5. The zero-order valence-corrected chi connectivity index (χ0v) is 20.7. The van der Waals surface area contributed by atoms with Crippen LogP contribution < -0.4 is 15.5 Å². The van der Waals surface area contributed by atoms with Gasteiger partial charge in [0, 0.05) is 46.3 Å². The molecule has 2 heterocycles. The molecular formula is C19H34IN5O2S. The van der Waals surface area contributed by atoms with E-state index in [-0.39, 0.29) is 30.1 Å². The molecule has 2 rings (SSSR count). The maximum atomic E-state index is 12.0. The molecule has 0 bridgehead atoms. The number of nitrogens with zero attached hydrogens (tertiary/aromatic N) is 3. The van der Waals surface area contributed by atoms with Gasteiger partial charge in [0.05, 0.1) is 5.00 Å². The van der Waals surface area contributed by atoms with Crippen LogP contribution in [0.3, 0.4) is 0 Å². The Kier molecular flexibility index (Phi) is 10.4. The predicted molar refractivity (Wildman–Crippen MR) is 128 cm³/mol. The van der Waals surface area contributed by atoms with Crippen LogP contribution in [0.1, 0.15) is 33.6 Å². The van der Waals surface area contributed by atoms with Crippen molar-refractivity contribution in [2.45, 2.75) is 45.3 Å². The number of guanidine groups is 1. The molecule has 1 saturated heterocycles. The number of halogens is 1. The minimum atomic E-state index is -0.478. The van der Waals surface area contributed by atoms with Gasteiger partial charge < -0.3 is 25.2 Å². The smallest absolute Gasteiger partial charge is 0.410 e. The van der Waals surface area contributed by atoms with Crippen molar-refractivity contribution >= 4 is 52.4 Å². The van der Waals surface area contributed by atoms with E-state index in [4.69, 9.17) is 4.74 Å². The fourth-order valence-electron chi connectivity index (χ4n) is 2.86. The first-order valence-corrected chi connectivity index (χ1v) is 10.4. The lowest BCUT2D eigenvalue weighted by molar-refractivity contribution is 0.0302. The summed E-state index contributed by atoms with van der Waals surface area (Å²) in [7, 11) is 3.51. The van der Waals surface area contributed by atoms with Gasteiger partial charge in [-0.05, 0) is 51.1 Å². The van der Waals surface area contributed by atoms with Crippen LogP contribution in [-0.2, 0) is 4.74 Å². The number of anilines is 1. The molecule has 7 nitrogen and oxygen atoms in total. The van der Waals surface area contributed by atoms with E-state index >= 15 is 0 Å². The highest BCUT2D eigenvalue weighted by Crippen LogP contribution is 2.24. The number of carbonyl (C=O) groups is 1. The number of likely N-dealkylation sites (N-methyl/N-ethyl adjacent to an activating group) is 1. The van der Waals surface area contributed by atoms with Gasteiger partial charge in [0.1, 0.15) is 5.60 Å². The second kappa shape index (κ2) is 11.7. The number of hydrogen-bond donors (Lipinski definition) is 2. The van der Waals surface area contributed by atoms with E-state index in [0.29, 0.717) is 19.1 Å². The molecule has 2 N–H and O–H groups in total. The Morgan fingerprint density at radius 3 is 2.61 bits per heavy atom. The van der Waals surface area contributed by atoms with Gasteiger partial charge in [0.25, 0.3) is 0 Å². The first-order chi connectivity index (χ1) is 12.8. The Balaban J connectivity index is 0.00000392. The summed E-state index contributed by atoms with van der Waals surface area (Å²) >= 11 is 1.80. The fourth-order valence-corrected chi connectivity index (χ4v) is 3.64. The largest absolute Gasteiger partial charge is 0.444 e. The topological polar surface area (TPSA) is 69.2 Å². The summed E-state index contributed by atoms with van der Waals surface area (Å²) in [5.41, 5.74) is -0.478. The van der Waals surface area contributed by atoms with Gasteiger partial charge in [0.15, 0.2) is 5.96 Å². The van der Waals surface area contributed by atoms with Gasteiger partial charge >= 0.3 is 6.09 Å². The van der Waals surface area contributed by atoms with Gasteiger partial charge in [-0.2, -0.15) is 0 Å². The van der Waals surface area contributed by atoms with E-state index in [0.717, 1.165) is 31.9 Å². The molecule has 0 saturated carbocycles. The van der Waals surface area contributed by atoms with Crippen LogP contribution in [0.5, 0.6) is 0 Å². The molecule has 1 aliphatic rings. The van der Waals surface area contributed by atoms with Crippen molar-refractivity contribution in [3.63, 3.8) is 0 Å². The Morgan fingerprint density at radius 1 is 1.39 bits per heavy atom. The number of hydrogen-bond acceptors (Lipinski definition) is 5. The van der Waals surface area contributed by atoms with Crippen molar-refractivity contribution in [3.8, 4) is 0 Å². The first kappa shape index (κ1) is 24.8. The summed E-state index contributed by atoms with van der Waals surface area (Å²) in [4.78, 5) is 20.3. The molecule has 1 aromatic rings. The van der Waals surface area contributed by atoms with Crippen LogP contribution in [0.4, 0.5) is 9.80 Å². The van der Waals surface area contributed by atoms with Crippen LogP contribution in [0.25, 0.3) is 0 Å². The van der Waals surface area contributed by atoms with E-state index in [9.17, 15) is 4.79 Å². The highest BCUT2D eigenvalue weighted by atomic mass is 127. The number of nitrogens with one attached hydrogen (secondary N) is 2. The minimum absolute atomic E-state index is 0. The Labute approximate surface area is 189 Å². The second-order valence-corrected chi connectivity index (χ2v) is 8.68. The predicted octanol–water partition coefficient (Wildman–Crippen LogP) is 3.37. The summed E-state index contributed by atoms with van der Waals surface area (Å²) < 4.78 is 5.36. The van der Waals surface area contributed by atoms with E-state index < -0.39 is 5.60 Å². The minimum Gasteiger partial charge on any atom is -0.444 e. The number of aliphatic imine (C=N–C) groups is 1. The Morgan fingerprint density at radius 2 is 2.07 bits per heavy atom. The molecule has 9 heteroatoms. The van der Waals surface area contributed by atoms with Gasteiger partial charge in [0.2, 0.25) is 0 Å². The third-order valence-corrected chi connectivity index (χ3v) is 5.25. The highest BCUT2D eigenvalue weighted by Gasteiger charge is 2.21. The molecule has 1 amide bonds. The van der Waals surface area contributed by atoms with Gasteiger partial charge in [-0.3, -0.25) is 4.99 Å². The molecule has 0 aromatic carbocycles. The summed E-state index contributed by atoms with van der Waals surface area (Å²) in [6.07, 6.45) is 1.85. The molecular weight excluding hydrogens is 489 g/mol. The summed E-state index contributed by atoms with van der Waals surface area (Å²) in [5, 5.41) is 10.2. The quantitative estimate of drug-likeness (QED) is 0.352. The van der Waals surface area contributed by atoms with Crippen molar-refractivity contribution in [1.29, 1.82) is 0 Å². The van der Waals surface area contributed by atoms with Gasteiger partial charge in [-0.15, -0.1) is 35.3 Å². The van der Waals surface area contributed by atoms with Crippen molar-refractivity contribution < 1.29 is 9.53 Å². The zero-order chi connectivity index (χ0) is 19.9. The van der Waals surface area contributed by atoms with Crippen molar-refractivity contribution in [1.82, 2.24) is 15.5 Å². The molecule has 0 aliphatic carbocycles. The van der Waals surface area contributed by atoms with Crippen molar-refractivity contribution in [2.24, 2.45) is 4.99 Å². The third kappa shape index (κ3) is 8.42. The summed E-state index contributed by atoms with van der Waals surface area (Å²) in [6, 6.07) is 4.70. The molecule has 1 aromatic heterocycles. The van der Waals surface area contributed by atoms with Crippen LogP contribution in [0.2, 0.25) is 0 Å². The zero-order valence-electron chi connectivity index (χ0n) is 17.5. The van der Waals surface area contributed by atoms with Crippen LogP contribution in [0, 0.1) is 0 Å². The average Bonchev–Trinajstić information content (AvgIpc) is 3.14. The van der Waals surface area contributed by atoms with Gasteiger partial charge in [-0.25, -0.2) is 4.79 Å². The van der Waals surface area contributed by atoms with E-state index in [1.54, 1.807) is 30.3 Å². The molecule has 1 aliphatic heterocycles.